The molecule has 1 aliphatic heterocycles. The fourth-order valence-electron chi connectivity index (χ4n) is 3.39. The molecule has 0 spiro atoms. The highest BCUT2D eigenvalue weighted by molar-refractivity contribution is 5.88. The van der Waals surface area contributed by atoms with E-state index < -0.39 is 5.41 Å². The van der Waals surface area contributed by atoms with E-state index in [9.17, 15) is 9.59 Å². The Morgan fingerprint density at radius 2 is 1.96 bits per heavy atom. The van der Waals surface area contributed by atoms with Gasteiger partial charge in [0.15, 0.2) is 0 Å². The molecule has 5 nitrogen and oxygen atoms in total. The van der Waals surface area contributed by atoms with Crippen LogP contribution in [0.4, 0.5) is 0 Å². The van der Waals surface area contributed by atoms with Crippen LogP contribution in [0.15, 0.2) is 24.3 Å². The largest absolute Gasteiger partial charge is 0.355 e. The van der Waals surface area contributed by atoms with Crippen LogP contribution >= 0.6 is 0 Å². The number of benzene rings is 1. The molecule has 0 aromatic heterocycles. The molecule has 5 heteroatoms. The molecule has 1 aromatic carbocycles. The van der Waals surface area contributed by atoms with Crippen molar-refractivity contribution in [3.05, 3.63) is 35.4 Å². The molecule has 1 aliphatic rings. The van der Waals surface area contributed by atoms with Crippen molar-refractivity contribution in [1.29, 1.82) is 0 Å². The Hall–Kier alpha value is -1.88. The molecule has 0 radical (unpaired) electrons. The van der Waals surface area contributed by atoms with Crippen molar-refractivity contribution in [1.82, 2.24) is 10.2 Å². The quantitative estimate of drug-likeness (QED) is 0.826. The smallest absolute Gasteiger partial charge is 0.232 e. The van der Waals surface area contributed by atoms with Crippen LogP contribution in [0, 0.1) is 5.92 Å². The van der Waals surface area contributed by atoms with E-state index in [1.54, 1.807) is 0 Å². The highest BCUT2D eigenvalue weighted by Gasteiger charge is 2.37. The molecule has 2 amide bonds. The Morgan fingerprint density at radius 1 is 1.28 bits per heavy atom. The van der Waals surface area contributed by atoms with E-state index in [4.69, 9.17) is 5.73 Å². The van der Waals surface area contributed by atoms with E-state index in [0.29, 0.717) is 19.6 Å². The van der Waals surface area contributed by atoms with Crippen molar-refractivity contribution < 1.29 is 9.59 Å². The molecular weight excluding hydrogens is 314 g/mol. The van der Waals surface area contributed by atoms with Crippen molar-refractivity contribution >= 4 is 11.8 Å². The highest BCUT2D eigenvalue weighted by Crippen LogP contribution is 2.28. The van der Waals surface area contributed by atoms with Crippen LogP contribution in [0.25, 0.3) is 0 Å². The van der Waals surface area contributed by atoms with Crippen molar-refractivity contribution in [3.8, 4) is 0 Å². The molecule has 1 fully saturated rings. The summed E-state index contributed by atoms with van der Waals surface area (Å²) in [6.07, 6.45) is 2.67. The molecule has 0 aliphatic carbocycles. The number of aryl methyl sites for hydroxylation is 1. The van der Waals surface area contributed by atoms with Crippen LogP contribution < -0.4 is 11.1 Å². The first-order valence-electron chi connectivity index (χ1n) is 9.26. The maximum atomic E-state index is 13.1. The van der Waals surface area contributed by atoms with Gasteiger partial charge < -0.3 is 16.0 Å². The van der Waals surface area contributed by atoms with Gasteiger partial charge in [0.1, 0.15) is 0 Å². The summed E-state index contributed by atoms with van der Waals surface area (Å²) >= 11 is 0. The second-order valence-electron chi connectivity index (χ2n) is 7.35. The average molecular weight is 345 g/mol. The van der Waals surface area contributed by atoms with Crippen molar-refractivity contribution in [2.75, 3.05) is 26.2 Å². The third-order valence-electron chi connectivity index (χ3n) is 5.14. The summed E-state index contributed by atoms with van der Waals surface area (Å²) in [7, 11) is 0. The van der Waals surface area contributed by atoms with Gasteiger partial charge in [0.05, 0.1) is 11.3 Å². The van der Waals surface area contributed by atoms with Crippen LogP contribution in [0.2, 0.25) is 0 Å². The Balaban J connectivity index is 2.07. The summed E-state index contributed by atoms with van der Waals surface area (Å²) in [5.41, 5.74) is 7.13. The molecule has 0 saturated carbocycles. The summed E-state index contributed by atoms with van der Waals surface area (Å²) in [5, 5.41) is 2.84. The van der Waals surface area contributed by atoms with Crippen LogP contribution in [0.1, 0.15) is 44.7 Å². The van der Waals surface area contributed by atoms with Gasteiger partial charge in [0, 0.05) is 26.2 Å². The second-order valence-corrected chi connectivity index (χ2v) is 7.35. The molecule has 1 unspecified atom stereocenters. The van der Waals surface area contributed by atoms with Crippen LogP contribution in [-0.2, 0) is 21.4 Å². The lowest BCUT2D eigenvalue weighted by molar-refractivity contribution is -0.140. The third-order valence-corrected chi connectivity index (χ3v) is 5.14. The fourth-order valence-corrected chi connectivity index (χ4v) is 3.39. The summed E-state index contributed by atoms with van der Waals surface area (Å²) in [4.78, 5) is 27.2. The lowest BCUT2D eigenvalue weighted by atomic mass is 9.81. The third kappa shape index (κ3) is 4.60. The van der Waals surface area contributed by atoms with Gasteiger partial charge in [-0.2, -0.15) is 0 Å². The number of carbonyl (C=O) groups excluding carboxylic acids is 2. The zero-order chi connectivity index (χ0) is 18.4. The minimum atomic E-state index is -0.595. The molecule has 1 aromatic rings. The standard InChI is InChI=1S/C20H31N3O2/c1-4-15-7-9-17(10-8-15)20(2,3)19(25)23-13-5-6-16(14-23)18(24)22-12-11-21/h7-10,16H,4-6,11-14,21H2,1-3H3,(H,22,24). The number of nitrogens with one attached hydrogen (secondary N) is 1. The van der Waals surface area contributed by atoms with Gasteiger partial charge in [-0.1, -0.05) is 31.2 Å². The monoisotopic (exact) mass is 345 g/mol. The molecular formula is C20H31N3O2. The van der Waals surface area contributed by atoms with E-state index in [2.05, 4.69) is 24.4 Å². The highest BCUT2D eigenvalue weighted by atomic mass is 16.2. The van der Waals surface area contributed by atoms with Crippen molar-refractivity contribution in [2.45, 2.75) is 45.4 Å². The first kappa shape index (κ1) is 19.4. The first-order valence-corrected chi connectivity index (χ1v) is 9.26. The number of likely N-dealkylation sites (tertiary alicyclic amines) is 1. The number of rotatable bonds is 6. The molecule has 1 heterocycles. The molecule has 25 heavy (non-hydrogen) atoms. The minimum absolute atomic E-state index is 0.00746. The average Bonchev–Trinajstić information content (AvgIpc) is 2.65. The van der Waals surface area contributed by atoms with Gasteiger partial charge in [-0.15, -0.1) is 0 Å². The molecule has 3 N–H and O–H groups in total. The van der Waals surface area contributed by atoms with E-state index in [0.717, 1.165) is 31.4 Å². The maximum absolute atomic E-state index is 13.1. The van der Waals surface area contributed by atoms with Crippen LogP contribution in [0.5, 0.6) is 0 Å². The van der Waals surface area contributed by atoms with Crippen molar-refractivity contribution in [3.63, 3.8) is 0 Å². The number of hydrogen-bond donors (Lipinski definition) is 2. The van der Waals surface area contributed by atoms with Crippen molar-refractivity contribution in [2.24, 2.45) is 11.7 Å². The second kappa shape index (κ2) is 8.48. The first-order chi connectivity index (χ1) is 11.9. The van der Waals surface area contributed by atoms with Gasteiger partial charge in [-0.3, -0.25) is 9.59 Å². The predicted molar refractivity (Wildman–Crippen MR) is 100 cm³/mol. The van der Waals surface area contributed by atoms with E-state index in [-0.39, 0.29) is 17.7 Å². The lowest BCUT2D eigenvalue weighted by Crippen LogP contribution is -2.50. The Bertz CT molecular complexity index is 595. The Labute approximate surface area is 151 Å². The van der Waals surface area contributed by atoms with Gasteiger partial charge in [-0.25, -0.2) is 0 Å². The fraction of sp³-hybridized carbons (Fsp3) is 0.600. The maximum Gasteiger partial charge on any atom is 0.232 e. The number of amides is 2. The SMILES string of the molecule is CCc1ccc(C(C)(C)C(=O)N2CCCC(C(=O)NCCN)C2)cc1. The zero-order valence-corrected chi connectivity index (χ0v) is 15.7. The molecule has 2 rings (SSSR count). The van der Waals surface area contributed by atoms with Gasteiger partial charge in [-0.05, 0) is 44.2 Å². The number of carbonyl (C=O) groups is 2. The lowest BCUT2D eigenvalue weighted by Gasteiger charge is -2.37. The van der Waals surface area contributed by atoms with Gasteiger partial charge >= 0.3 is 0 Å². The number of piperidine rings is 1. The molecule has 1 saturated heterocycles. The van der Waals surface area contributed by atoms with Gasteiger partial charge in [0.25, 0.3) is 0 Å². The molecule has 1 atom stereocenters. The zero-order valence-electron chi connectivity index (χ0n) is 15.7. The molecule has 0 bridgehead atoms. The Kier molecular flexibility index (Phi) is 6.59. The summed E-state index contributed by atoms with van der Waals surface area (Å²) < 4.78 is 0. The predicted octanol–water partition coefficient (Wildman–Crippen LogP) is 1.84. The topological polar surface area (TPSA) is 75.4 Å². The Morgan fingerprint density at radius 3 is 2.56 bits per heavy atom. The summed E-state index contributed by atoms with van der Waals surface area (Å²) in [6.45, 7) is 8.18. The summed E-state index contributed by atoms with van der Waals surface area (Å²) in [6, 6.07) is 8.27. The van der Waals surface area contributed by atoms with Crippen LogP contribution in [0.3, 0.4) is 0 Å². The van der Waals surface area contributed by atoms with E-state index >= 15 is 0 Å². The number of nitrogens with two attached hydrogens (primary N) is 1. The minimum Gasteiger partial charge on any atom is -0.355 e. The van der Waals surface area contributed by atoms with E-state index in [1.807, 2.05) is 30.9 Å². The number of hydrogen-bond acceptors (Lipinski definition) is 3. The van der Waals surface area contributed by atoms with Crippen LogP contribution in [-0.4, -0.2) is 42.9 Å². The normalized spacial score (nSPS) is 18.1. The van der Waals surface area contributed by atoms with E-state index in [1.165, 1.54) is 5.56 Å². The summed E-state index contributed by atoms with van der Waals surface area (Å²) in [5.74, 6) is -0.0383. The molecule has 138 valence electrons. The van der Waals surface area contributed by atoms with Gasteiger partial charge in [0.2, 0.25) is 11.8 Å². The number of nitrogens with zero attached hydrogens (tertiary/aromatic N) is 1.